The van der Waals surface area contributed by atoms with Crippen LogP contribution >= 0.6 is 23.2 Å². The quantitative estimate of drug-likeness (QED) is 0.353. The van der Waals surface area contributed by atoms with Gasteiger partial charge < -0.3 is 0 Å². The number of halogens is 5. The summed E-state index contributed by atoms with van der Waals surface area (Å²) in [7, 11) is 0. The first-order valence-electron chi connectivity index (χ1n) is 9.42. The molecule has 6 heteroatoms. The predicted molar refractivity (Wildman–Crippen MR) is 124 cm³/mol. The molecule has 0 aliphatic carbocycles. The van der Waals surface area contributed by atoms with Crippen molar-refractivity contribution in [3.05, 3.63) is 117 Å². The number of hydrogen-bond donors (Lipinski definition) is 0. The summed E-state index contributed by atoms with van der Waals surface area (Å²) < 4.78 is 35.6. The van der Waals surface area contributed by atoms with Crippen molar-refractivity contribution >= 4 is 29.3 Å². The third kappa shape index (κ3) is 7.89. The first kappa shape index (κ1) is 24.7. The van der Waals surface area contributed by atoms with Gasteiger partial charge in [-0.15, -0.1) is 0 Å². The number of rotatable bonds is 4. The van der Waals surface area contributed by atoms with Crippen molar-refractivity contribution in [1.82, 2.24) is 4.98 Å². The summed E-state index contributed by atoms with van der Waals surface area (Å²) in [5, 5.41) is 1.38. The molecular weight excluding hydrogens is 442 g/mol. The molecule has 0 aliphatic rings. The van der Waals surface area contributed by atoms with E-state index in [1.165, 1.54) is 22.8 Å². The molecule has 0 unspecified atom stereocenters. The number of hydrogen-bond acceptors (Lipinski definition) is 1. The van der Waals surface area contributed by atoms with Gasteiger partial charge in [0.25, 0.3) is 0 Å². The van der Waals surface area contributed by atoms with Crippen molar-refractivity contribution in [3.8, 4) is 0 Å². The molecule has 31 heavy (non-hydrogen) atoms. The minimum absolute atomic E-state index is 0.581. The Bertz CT molecular complexity index is 1060. The normalized spacial score (nSPS) is 11.2. The smallest absolute Gasteiger partial charge is 0.261 e. The van der Waals surface area contributed by atoms with Crippen molar-refractivity contribution in [2.45, 2.75) is 26.4 Å². The standard InChI is InChI=1S/C18H16Cl2.C7H6F3N/c1-3-4-5-15-7-6-14(10-13(15)2)11-16-8-9-17(19)12-18(16)20;1-5-2-3-6(4-11-5)7(8,9)10/h3-10,12H,1,11H2,2H3;2-4H,1H3/b5-4-;. The minimum atomic E-state index is -4.28. The molecule has 0 amide bonds. The molecule has 0 spiro atoms. The molecule has 3 rings (SSSR count). The van der Waals surface area contributed by atoms with Gasteiger partial charge in [-0.1, -0.05) is 72.3 Å². The number of alkyl halides is 3. The van der Waals surface area contributed by atoms with E-state index in [4.69, 9.17) is 23.2 Å². The maximum atomic E-state index is 11.9. The Morgan fingerprint density at radius 3 is 2.29 bits per heavy atom. The average molecular weight is 464 g/mol. The number of aromatic nitrogens is 1. The predicted octanol–water partition coefficient (Wildman–Crippen LogP) is 8.50. The summed E-state index contributed by atoms with van der Waals surface area (Å²) in [6.45, 7) is 7.43. The fraction of sp³-hybridized carbons (Fsp3) is 0.160. The largest absolute Gasteiger partial charge is 0.417 e. The van der Waals surface area contributed by atoms with Gasteiger partial charge in [0.15, 0.2) is 0 Å². The molecule has 1 nitrogen and oxygen atoms in total. The summed E-state index contributed by atoms with van der Waals surface area (Å²) in [6.07, 6.45) is 3.14. The summed E-state index contributed by atoms with van der Waals surface area (Å²) in [4.78, 5) is 3.53. The second-order valence-electron chi connectivity index (χ2n) is 6.88. The fourth-order valence-electron chi connectivity index (χ4n) is 2.73. The molecule has 1 aromatic heterocycles. The summed E-state index contributed by atoms with van der Waals surface area (Å²) in [6, 6.07) is 14.4. The van der Waals surface area contributed by atoms with Gasteiger partial charge in [0, 0.05) is 21.9 Å². The van der Waals surface area contributed by atoms with Gasteiger partial charge in [0.05, 0.1) is 5.56 Å². The van der Waals surface area contributed by atoms with Crippen LogP contribution in [0.1, 0.15) is 33.5 Å². The van der Waals surface area contributed by atoms with Crippen molar-refractivity contribution in [1.29, 1.82) is 0 Å². The summed E-state index contributed by atoms with van der Waals surface area (Å²) >= 11 is 12.1. The van der Waals surface area contributed by atoms with Crippen LogP contribution in [0.4, 0.5) is 13.2 Å². The van der Waals surface area contributed by atoms with E-state index < -0.39 is 11.7 Å². The third-order valence-corrected chi connectivity index (χ3v) is 4.98. The first-order chi connectivity index (χ1) is 14.6. The van der Waals surface area contributed by atoms with Crippen molar-refractivity contribution in [2.75, 3.05) is 0 Å². The van der Waals surface area contributed by atoms with E-state index in [9.17, 15) is 13.2 Å². The Balaban J connectivity index is 0.000000262. The van der Waals surface area contributed by atoms with E-state index in [0.29, 0.717) is 15.7 Å². The Labute approximate surface area is 190 Å². The van der Waals surface area contributed by atoms with Gasteiger partial charge in [-0.05, 0) is 66.8 Å². The van der Waals surface area contributed by atoms with Crippen LogP contribution in [0, 0.1) is 13.8 Å². The third-order valence-electron chi connectivity index (χ3n) is 4.39. The first-order valence-corrected chi connectivity index (χ1v) is 10.2. The topological polar surface area (TPSA) is 12.9 Å². The second kappa shape index (κ2) is 11.2. The monoisotopic (exact) mass is 463 g/mol. The molecule has 2 aromatic carbocycles. The lowest BCUT2D eigenvalue weighted by Crippen LogP contribution is -2.05. The van der Waals surface area contributed by atoms with Crippen molar-refractivity contribution in [2.24, 2.45) is 0 Å². The number of benzene rings is 2. The molecule has 0 N–H and O–H groups in total. The molecule has 1 heterocycles. The maximum Gasteiger partial charge on any atom is 0.417 e. The van der Waals surface area contributed by atoms with Crippen LogP contribution in [0.25, 0.3) is 6.08 Å². The molecule has 0 saturated heterocycles. The minimum Gasteiger partial charge on any atom is -0.261 e. The van der Waals surface area contributed by atoms with E-state index in [1.54, 1.807) is 19.1 Å². The molecule has 0 radical (unpaired) electrons. The van der Waals surface area contributed by atoms with Gasteiger partial charge >= 0.3 is 6.18 Å². The van der Waals surface area contributed by atoms with Gasteiger partial charge in [-0.2, -0.15) is 13.2 Å². The van der Waals surface area contributed by atoms with Crippen LogP contribution in [0.5, 0.6) is 0 Å². The van der Waals surface area contributed by atoms with E-state index in [1.807, 2.05) is 18.2 Å². The van der Waals surface area contributed by atoms with E-state index in [0.717, 1.165) is 24.2 Å². The zero-order valence-electron chi connectivity index (χ0n) is 17.2. The Morgan fingerprint density at radius 2 is 1.74 bits per heavy atom. The Hall–Kier alpha value is -2.56. The molecule has 3 aromatic rings. The number of nitrogens with zero attached hydrogens (tertiary/aromatic N) is 1. The van der Waals surface area contributed by atoms with Crippen LogP contribution in [-0.4, -0.2) is 4.98 Å². The zero-order valence-corrected chi connectivity index (χ0v) is 18.7. The lowest BCUT2D eigenvalue weighted by atomic mass is 9.99. The van der Waals surface area contributed by atoms with Crippen LogP contribution in [-0.2, 0) is 12.6 Å². The SMILES string of the molecule is C=C/C=C\c1ccc(Cc2ccc(Cl)cc2Cl)cc1C.Cc1ccc(C(F)(F)F)cn1. The molecule has 162 valence electrons. The highest BCUT2D eigenvalue weighted by atomic mass is 35.5. The lowest BCUT2D eigenvalue weighted by Gasteiger charge is -2.08. The van der Waals surface area contributed by atoms with Crippen molar-refractivity contribution in [3.63, 3.8) is 0 Å². The lowest BCUT2D eigenvalue weighted by molar-refractivity contribution is -0.137. The maximum absolute atomic E-state index is 11.9. The molecule has 0 atom stereocenters. The van der Waals surface area contributed by atoms with Crippen LogP contribution in [0.2, 0.25) is 10.0 Å². The molecule has 0 bridgehead atoms. The number of allylic oxidation sites excluding steroid dienone is 2. The van der Waals surface area contributed by atoms with Gasteiger partial charge in [0.1, 0.15) is 0 Å². The highest BCUT2D eigenvalue weighted by Gasteiger charge is 2.30. The second-order valence-corrected chi connectivity index (χ2v) is 7.73. The van der Waals surface area contributed by atoms with Crippen LogP contribution in [0.3, 0.4) is 0 Å². The van der Waals surface area contributed by atoms with Crippen LogP contribution in [0.15, 0.2) is 73.5 Å². The number of pyridine rings is 1. The van der Waals surface area contributed by atoms with E-state index >= 15 is 0 Å². The average Bonchev–Trinajstić information content (AvgIpc) is 2.70. The summed E-state index contributed by atoms with van der Waals surface area (Å²) in [5.74, 6) is 0. The van der Waals surface area contributed by atoms with E-state index in [-0.39, 0.29) is 0 Å². The Morgan fingerprint density at radius 1 is 1.00 bits per heavy atom. The van der Waals surface area contributed by atoms with Gasteiger partial charge in [-0.3, -0.25) is 4.98 Å². The molecule has 0 fully saturated rings. The number of aryl methyl sites for hydroxylation is 2. The van der Waals surface area contributed by atoms with Gasteiger partial charge in [-0.25, -0.2) is 0 Å². The molecule has 0 aliphatic heterocycles. The van der Waals surface area contributed by atoms with Crippen LogP contribution < -0.4 is 0 Å². The summed E-state index contributed by atoms with van der Waals surface area (Å²) in [5.41, 5.74) is 4.65. The van der Waals surface area contributed by atoms with Gasteiger partial charge in [0.2, 0.25) is 0 Å². The highest BCUT2D eigenvalue weighted by molar-refractivity contribution is 6.35. The highest BCUT2D eigenvalue weighted by Crippen LogP contribution is 2.28. The van der Waals surface area contributed by atoms with E-state index in [2.05, 4.69) is 42.8 Å². The molecule has 0 saturated carbocycles. The van der Waals surface area contributed by atoms with Crippen molar-refractivity contribution < 1.29 is 13.2 Å². The molecular formula is C25H22Cl2F3N. The Kier molecular flexibility index (Phi) is 8.90. The zero-order chi connectivity index (χ0) is 23.0. The fourth-order valence-corrected chi connectivity index (χ4v) is 3.20.